The second kappa shape index (κ2) is 7.07. The highest BCUT2D eigenvalue weighted by Crippen LogP contribution is 2.14. The highest BCUT2D eigenvalue weighted by molar-refractivity contribution is 7.98. The number of thioether (sulfide) groups is 1. The van der Waals surface area contributed by atoms with Crippen LogP contribution in [-0.4, -0.2) is 59.5 Å². The van der Waals surface area contributed by atoms with E-state index in [1.807, 2.05) is 6.26 Å². The molecule has 1 aliphatic rings. The monoisotopic (exact) mass is 282 g/mol. The van der Waals surface area contributed by atoms with Crippen LogP contribution in [0.2, 0.25) is 0 Å². The molecule has 19 heavy (non-hydrogen) atoms. The first-order chi connectivity index (χ1) is 9.20. The predicted octanol–water partition coefficient (Wildman–Crippen LogP) is 1.72. The molecule has 5 nitrogen and oxygen atoms in total. The van der Waals surface area contributed by atoms with Crippen LogP contribution in [0, 0.1) is 0 Å². The molecule has 0 bridgehead atoms. The van der Waals surface area contributed by atoms with E-state index in [4.69, 9.17) is 4.74 Å². The van der Waals surface area contributed by atoms with Crippen LogP contribution >= 0.6 is 11.8 Å². The maximum atomic E-state index is 5.47. The van der Waals surface area contributed by atoms with E-state index in [-0.39, 0.29) is 0 Å². The summed E-state index contributed by atoms with van der Waals surface area (Å²) in [6.07, 6.45) is 5.56. The van der Waals surface area contributed by atoms with Crippen LogP contribution in [0.1, 0.15) is 13.8 Å². The van der Waals surface area contributed by atoms with Crippen molar-refractivity contribution in [2.24, 2.45) is 0 Å². The van der Waals surface area contributed by atoms with Gasteiger partial charge in [0, 0.05) is 25.2 Å². The van der Waals surface area contributed by atoms with Crippen LogP contribution in [0.25, 0.3) is 0 Å². The van der Waals surface area contributed by atoms with Gasteiger partial charge < -0.3 is 10.1 Å². The van der Waals surface area contributed by atoms with Crippen LogP contribution in [0.5, 0.6) is 0 Å². The Kier molecular flexibility index (Phi) is 5.42. The minimum absolute atomic E-state index is 0.457. The first-order valence-electron chi connectivity index (χ1n) is 6.64. The molecule has 6 heteroatoms. The summed E-state index contributed by atoms with van der Waals surface area (Å²) >= 11 is 1.61. The fourth-order valence-corrected chi connectivity index (χ4v) is 2.65. The molecule has 0 saturated carbocycles. The van der Waals surface area contributed by atoms with Crippen molar-refractivity contribution in [1.82, 2.24) is 14.9 Å². The topological polar surface area (TPSA) is 50.3 Å². The van der Waals surface area contributed by atoms with E-state index in [9.17, 15) is 0 Å². The van der Waals surface area contributed by atoms with Gasteiger partial charge in [-0.1, -0.05) is 0 Å². The van der Waals surface area contributed by atoms with E-state index in [1.165, 1.54) is 0 Å². The minimum Gasteiger partial charge on any atom is -0.379 e. The fourth-order valence-electron chi connectivity index (χ4n) is 2.30. The molecule has 106 valence electrons. The SMILES string of the molecule is CSc1cncc(NC[C@@H](C)N2CCOC[C@@H]2C)n1. The van der Waals surface area contributed by atoms with Crippen molar-refractivity contribution in [3.8, 4) is 0 Å². The van der Waals surface area contributed by atoms with E-state index in [0.717, 1.165) is 37.1 Å². The lowest BCUT2D eigenvalue weighted by atomic mass is 10.2. The van der Waals surface area contributed by atoms with Crippen molar-refractivity contribution in [3.63, 3.8) is 0 Å². The summed E-state index contributed by atoms with van der Waals surface area (Å²) in [5.41, 5.74) is 0. The third kappa shape index (κ3) is 4.06. The normalized spacial score (nSPS) is 22.2. The molecule has 0 unspecified atom stereocenters. The van der Waals surface area contributed by atoms with E-state index >= 15 is 0 Å². The van der Waals surface area contributed by atoms with E-state index in [2.05, 4.69) is 34.0 Å². The van der Waals surface area contributed by atoms with Crippen molar-refractivity contribution < 1.29 is 4.74 Å². The van der Waals surface area contributed by atoms with Gasteiger partial charge in [-0.2, -0.15) is 0 Å². The van der Waals surface area contributed by atoms with E-state index in [1.54, 1.807) is 24.2 Å². The van der Waals surface area contributed by atoms with Gasteiger partial charge in [0.05, 0.1) is 25.6 Å². The molecule has 2 rings (SSSR count). The molecule has 1 aromatic heterocycles. The van der Waals surface area contributed by atoms with Gasteiger partial charge in [0.2, 0.25) is 0 Å². The maximum absolute atomic E-state index is 5.47. The number of anilines is 1. The summed E-state index contributed by atoms with van der Waals surface area (Å²) in [5.74, 6) is 0.847. The predicted molar refractivity (Wildman–Crippen MR) is 78.8 cm³/mol. The van der Waals surface area contributed by atoms with E-state index in [0.29, 0.717) is 12.1 Å². The molecule has 2 heterocycles. The Labute approximate surface area is 119 Å². The zero-order chi connectivity index (χ0) is 13.7. The third-order valence-electron chi connectivity index (χ3n) is 3.39. The molecule has 1 N–H and O–H groups in total. The first kappa shape index (κ1) is 14.6. The maximum Gasteiger partial charge on any atom is 0.145 e. The Morgan fingerprint density at radius 2 is 2.42 bits per heavy atom. The van der Waals surface area contributed by atoms with Crippen LogP contribution in [0.15, 0.2) is 17.4 Å². The third-order valence-corrected chi connectivity index (χ3v) is 4.00. The van der Waals surface area contributed by atoms with Gasteiger partial charge in [0.25, 0.3) is 0 Å². The molecule has 0 aromatic carbocycles. The first-order valence-corrected chi connectivity index (χ1v) is 7.86. The van der Waals surface area contributed by atoms with Gasteiger partial charge in [-0.05, 0) is 20.1 Å². The Morgan fingerprint density at radius 1 is 1.58 bits per heavy atom. The summed E-state index contributed by atoms with van der Waals surface area (Å²) in [6, 6.07) is 0.938. The molecule has 1 saturated heterocycles. The molecule has 0 spiro atoms. The molecule has 0 amide bonds. The molecule has 1 aliphatic heterocycles. The molecular formula is C13H22N4OS. The number of aromatic nitrogens is 2. The quantitative estimate of drug-likeness (QED) is 0.830. The number of hydrogen-bond donors (Lipinski definition) is 1. The van der Waals surface area contributed by atoms with Gasteiger partial charge in [-0.25, -0.2) is 4.98 Å². The van der Waals surface area contributed by atoms with Gasteiger partial charge in [0.1, 0.15) is 10.8 Å². The highest BCUT2D eigenvalue weighted by atomic mass is 32.2. The smallest absolute Gasteiger partial charge is 0.145 e. The fraction of sp³-hybridized carbons (Fsp3) is 0.692. The van der Waals surface area contributed by atoms with Crippen LogP contribution in [0.3, 0.4) is 0 Å². The highest BCUT2D eigenvalue weighted by Gasteiger charge is 2.23. The van der Waals surface area contributed by atoms with Crippen molar-refractivity contribution >= 4 is 17.6 Å². The average Bonchev–Trinajstić information content (AvgIpc) is 2.45. The summed E-state index contributed by atoms with van der Waals surface area (Å²) in [5, 5.41) is 4.31. The molecule has 0 aliphatic carbocycles. The van der Waals surface area contributed by atoms with Crippen molar-refractivity contribution in [2.75, 3.05) is 37.9 Å². The lowest BCUT2D eigenvalue weighted by Gasteiger charge is -2.37. The van der Waals surface area contributed by atoms with Crippen LogP contribution in [-0.2, 0) is 4.74 Å². The number of hydrogen-bond acceptors (Lipinski definition) is 6. The molecule has 1 aromatic rings. The van der Waals surface area contributed by atoms with Gasteiger partial charge in [-0.15, -0.1) is 11.8 Å². The summed E-state index contributed by atoms with van der Waals surface area (Å²) in [7, 11) is 0. The van der Waals surface area contributed by atoms with Gasteiger partial charge >= 0.3 is 0 Å². The van der Waals surface area contributed by atoms with E-state index < -0.39 is 0 Å². The molecule has 1 fully saturated rings. The lowest BCUT2D eigenvalue weighted by Crippen LogP contribution is -2.50. The van der Waals surface area contributed by atoms with Crippen LogP contribution < -0.4 is 5.32 Å². The molecule has 0 radical (unpaired) electrons. The second-order valence-corrected chi connectivity index (χ2v) is 5.66. The largest absolute Gasteiger partial charge is 0.379 e. The standard InChI is InChI=1S/C13H22N4OS/c1-10(17-4-5-18-9-11(17)2)6-15-12-7-14-8-13(16-12)19-3/h7-8,10-11H,4-6,9H2,1-3H3,(H,15,16)/t10-,11+/m1/s1. The molecule has 2 atom stereocenters. The van der Waals surface area contributed by atoms with Crippen molar-refractivity contribution in [2.45, 2.75) is 31.0 Å². The summed E-state index contributed by atoms with van der Waals surface area (Å²) in [4.78, 5) is 11.1. The Bertz CT molecular complexity index is 404. The zero-order valence-corrected chi connectivity index (χ0v) is 12.6. The summed E-state index contributed by atoms with van der Waals surface area (Å²) in [6.45, 7) is 7.98. The number of morpholine rings is 1. The number of ether oxygens (including phenoxy) is 1. The van der Waals surface area contributed by atoms with Crippen molar-refractivity contribution in [1.29, 1.82) is 0 Å². The number of rotatable bonds is 5. The van der Waals surface area contributed by atoms with Crippen LogP contribution in [0.4, 0.5) is 5.82 Å². The van der Waals surface area contributed by atoms with Gasteiger partial charge in [-0.3, -0.25) is 9.88 Å². The Hall–Kier alpha value is -0.850. The second-order valence-electron chi connectivity index (χ2n) is 4.84. The minimum atomic E-state index is 0.457. The number of nitrogens with one attached hydrogen (secondary N) is 1. The molecular weight excluding hydrogens is 260 g/mol. The Morgan fingerprint density at radius 3 is 3.16 bits per heavy atom. The Balaban J connectivity index is 1.86. The lowest BCUT2D eigenvalue weighted by molar-refractivity contribution is -0.0159. The average molecular weight is 282 g/mol. The zero-order valence-electron chi connectivity index (χ0n) is 11.8. The van der Waals surface area contributed by atoms with Gasteiger partial charge in [0.15, 0.2) is 0 Å². The number of nitrogens with zero attached hydrogens (tertiary/aromatic N) is 3. The van der Waals surface area contributed by atoms with Crippen molar-refractivity contribution in [3.05, 3.63) is 12.4 Å². The summed E-state index contributed by atoms with van der Waals surface area (Å²) < 4.78 is 5.47.